The zero-order chi connectivity index (χ0) is 29.7. The third-order valence-corrected chi connectivity index (χ3v) is 8.35. The molecule has 5 heteroatoms. The molecule has 9 aromatic rings. The number of benzene rings is 6. The second-order valence-corrected chi connectivity index (χ2v) is 11.1. The number of rotatable bonds is 4. The number of pyridine rings is 1. The fourth-order valence-electron chi connectivity index (χ4n) is 6.10. The van der Waals surface area contributed by atoms with E-state index in [0.717, 1.165) is 54.6 Å². The molecule has 0 bridgehead atoms. The maximum atomic E-state index is 6.17. The molecule has 0 saturated heterocycles. The molecule has 0 N–H and O–H groups in total. The summed E-state index contributed by atoms with van der Waals surface area (Å²) in [6.45, 7) is 0. The Balaban J connectivity index is 1.25. The van der Waals surface area contributed by atoms with Crippen LogP contribution in [0.2, 0.25) is 0 Å². The Bertz CT molecular complexity index is 2550. The molecule has 9 rings (SSSR count). The first-order valence-corrected chi connectivity index (χ1v) is 14.9. The van der Waals surface area contributed by atoms with E-state index in [4.69, 9.17) is 24.4 Å². The van der Waals surface area contributed by atoms with Gasteiger partial charge in [0, 0.05) is 22.7 Å². The average Bonchev–Trinajstić information content (AvgIpc) is 3.50. The van der Waals surface area contributed by atoms with Crippen molar-refractivity contribution in [3.8, 4) is 45.4 Å². The van der Waals surface area contributed by atoms with Crippen molar-refractivity contribution in [3.63, 3.8) is 0 Å². The smallest absolute Gasteiger partial charge is 0.183 e. The topological polar surface area (TPSA) is 64.7 Å². The minimum absolute atomic E-state index is 0.500. The lowest BCUT2D eigenvalue weighted by Crippen LogP contribution is -2.01. The van der Waals surface area contributed by atoms with Crippen molar-refractivity contribution in [3.05, 3.63) is 146 Å². The van der Waals surface area contributed by atoms with Gasteiger partial charge in [0.05, 0.1) is 5.39 Å². The Labute approximate surface area is 258 Å². The molecule has 3 heterocycles. The molecule has 0 unspecified atom stereocenters. The lowest BCUT2D eigenvalue weighted by Gasteiger charge is -2.10. The molecule has 210 valence electrons. The molecule has 0 saturated carbocycles. The van der Waals surface area contributed by atoms with Gasteiger partial charge < -0.3 is 4.42 Å². The Hall–Kier alpha value is -6.20. The summed E-state index contributed by atoms with van der Waals surface area (Å²) < 4.78 is 6.17. The average molecular weight is 577 g/mol. The van der Waals surface area contributed by atoms with Gasteiger partial charge in [-0.15, -0.1) is 0 Å². The SMILES string of the molecule is c1ccc(-c2ccc3cc(-c4nc(-c5ccc6ccccc6c5)nc(-c5nccc6oc7ccccc7c56)n4)ccc3c2)cc1. The monoisotopic (exact) mass is 576 g/mol. The fraction of sp³-hybridized carbons (Fsp3) is 0. The highest BCUT2D eigenvalue weighted by Gasteiger charge is 2.19. The van der Waals surface area contributed by atoms with Gasteiger partial charge in [-0.1, -0.05) is 109 Å². The second kappa shape index (κ2) is 10.2. The predicted octanol–water partition coefficient (Wildman–Crippen LogP) is 10.1. The molecule has 0 radical (unpaired) electrons. The molecular formula is C40H24N4O. The van der Waals surface area contributed by atoms with Crippen molar-refractivity contribution < 1.29 is 4.42 Å². The molecule has 0 aliphatic carbocycles. The highest BCUT2D eigenvalue weighted by atomic mass is 16.3. The lowest BCUT2D eigenvalue weighted by atomic mass is 10.00. The van der Waals surface area contributed by atoms with Gasteiger partial charge in [-0.2, -0.15) is 0 Å². The third kappa shape index (κ3) is 4.41. The molecule has 0 spiro atoms. The van der Waals surface area contributed by atoms with Crippen LogP contribution in [-0.4, -0.2) is 19.9 Å². The van der Waals surface area contributed by atoms with E-state index in [0.29, 0.717) is 23.2 Å². The van der Waals surface area contributed by atoms with Gasteiger partial charge >= 0.3 is 0 Å². The van der Waals surface area contributed by atoms with Gasteiger partial charge in [0.2, 0.25) is 0 Å². The molecular weight excluding hydrogens is 552 g/mol. The maximum Gasteiger partial charge on any atom is 0.183 e. The van der Waals surface area contributed by atoms with Gasteiger partial charge in [0.1, 0.15) is 16.9 Å². The highest BCUT2D eigenvalue weighted by Crippen LogP contribution is 2.36. The van der Waals surface area contributed by atoms with Crippen molar-refractivity contribution in [2.75, 3.05) is 0 Å². The molecule has 0 amide bonds. The van der Waals surface area contributed by atoms with E-state index in [1.807, 2.05) is 48.5 Å². The van der Waals surface area contributed by atoms with Crippen LogP contribution in [-0.2, 0) is 0 Å². The van der Waals surface area contributed by atoms with Crippen molar-refractivity contribution in [2.45, 2.75) is 0 Å². The summed E-state index contributed by atoms with van der Waals surface area (Å²) >= 11 is 0. The van der Waals surface area contributed by atoms with Crippen LogP contribution in [0.25, 0.3) is 88.9 Å². The summed E-state index contributed by atoms with van der Waals surface area (Å²) in [5.41, 5.74) is 6.41. The number of fused-ring (bicyclic) bond motifs is 5. The van der Waals surface area contributed by atoms with Gasteiger partial charge in [-0.05, 0) is 63.0 Å². The molecule has 0 atom stereocenters. The van der Waals surface area contributed by atoms with E-state index in [-0.39, 0.29) is 0 Å². The van der Waals surface area contributed by atoms with Crippen molar-refractivity contribution in [1.82, 2.24) is 19.9 Å². The molecule has 45 heavy (non-hydrogen) atoms. The molecule has 6 aromatic carbocycles. The maximum absolute atomic E-state index is 6.17. The van der Waals surface area contributed by atoms with Crippen LogP contribution in [0, 0.1) is 0 Å². The van der Waals surface area contributed by atoms with Crippen LogP contribution in [0.15, 0.2) is 150 Å². The van der Waals surface area contributed by atoms with E-state index < -0.39 is 0 Å². The van der Waals surface area contributed by atoms with Crippen LogP contribution in [0.4, 0.5) is 0 Å². The largest absolute Gasteiger partial charge is 0.456 e. The lowest BCUT2D eigenvalue weighted by molar-refractivity contribution is 0.668. The van der Waals surface area contributed by atoms with Crippen LogP contribution < -0.4 is 0 Å². The van der Waals surface area contributed by atoms with Crippen LogP contribution in [0.3, 0.4) is 0 Å². The standard InChI is InChI=1S/C40H24N4O/c1-2-8-25(9-3-1)28-15-16-30-24-32(19-17-29(30)22-28)39-42-38(31-18-14-26-10-4-5-11-27(26)23-31)43-40(44-39)37-36-33-12-6-7-13-34(33)45-35(36)20-21-41-37/h1-24H. The predicted molar refractivity (Wildman–Crippen MR) is 182 cm³/mol. The van der Waals surface area contributed by atoms with Gasteiger partial charge in [-0.3, -0.25) is 4.98 Å². The summed E-state index contributed by atoms with van der Waals surface area (Å²) in [6, 6.07) is 47.8. The number of para-hydroxylation sites is 1. The number of nitrogens with zero attached hydrogens (tertiary/aromatic N) is 4. The van der Waals surface area contributed by atoms with Gasteiger partial charge in [-0.25, -0.2) is 15.0 Å². The first kappa shape index (κ1) is 25.3. The molecule has 3 aromatic heterocycles. The van der Waals surface area contributed by atoms with E-state index in [1.165, 1.54) is 11.1 Å². The van der Waals surface area contributed by atoms with E-state index in [1.54, 1.807) is 6.20 Å². The summed E-state index contributed by atoms with van der Waals surface area (Å²) in [4.78, 5) is 19.9. The molecule has 0 fully saturated rings. The van der Waals surface area contributed by atoms with E-state index >= 15 is 0 Å². The van der Waals surface area contributed by atoms with Crippen molar-refractivity contribution in [2.24, 2.45) is 0 Å². The zero-order valence-electron chi connectivity index (χ0n) is 24.1. The Morgan fingerprint density at radius 2 is 0.978 bits per heavy atom. The minimum Gasteiger partial charge on any atom is -0.456 e. The highest BCUT2D eigenvalue weighted by molar-refractivity contribution is 6.10. The fourth-order valence-corrected chi connectivity index (χ4v) is 6.10. The quantitative estimate of drug-likeness (QED) is 0.209. The number of hydrogen-bond acceptors (Lipinski definition) is 5. The van der Waals surface area contributed by atoms with Crippen molar-refractivity contribution >= 4 is 43.5 Å². The van der Waals surface area contributed by atoms with Crippen LogP contribution in [0.1, 0.15) is 0 Å². The van der Waals surface area contributed by atoms with E-state index in [9.17, 15) is 0 Å². The molecule has 0 aliphatic heterocycles. The Morgan fingerprint density at radius 3 is 1.76 bits per heavy atom. The molecule has 0 aliphatic rings. The van der Waals surface area contributed by atoms with Crippen LogP contribution >= 0.6 is 0 Å². The van der Waals surface area contributed by atoms with Gasteiger partial charge in [0.15, 0.2) is 17.5 Å². The number of hydrogen-bond donors (Lipinski definition) is 0. The third-order valence-electron chi connectivity index (χ3n) is 8.35. The number of furan rings is 1. The Morgan fingerprint density at radius 1 is 0.400 bits per heavy atom. The first-order valence-electron chi connectivity index (χ1n) is 14.9. The molecule has 5 nitrogen and oxygen atoms in total. The van der Waals surface area contributed by atoms with Gasteiger partial charge in [0.25, 0.3) is 0 Å². The second-order valence-electron chi connectivity index (χ2n) is 11.1. The summed E-state index contributed by atoms with van der Waals surface area (Å²) in [7, 11) is 0. The van der Waals surface area contributed by atoms with Crippen molar-refractivity contribution in [1.29, 1.82) is 0 Å². The minimum atomic E-state index is 0.500. The zero-order valence-corrected chi connectivity index (χ0v) is 24.1. The van der Waals surface area contributed by atoms with E-state index in [2.05, 4.69) is 91.0 Å². The summed E-state index contributed by atoms with van der Waals surface area (Å²) in [5, 5.41) is 6.42. The summed E-state index contributed by atoms with van der Waals surface area (Å²) in [6.07, 6.45) is 1.75. The first-order chi connectivity index (χ1) is 22.3. The normalized spacial score (nSPS) is 11.6. The Kier molecular flexibility index (Phi) is 5.74. The number of aromatic nitrogens is 4. The summed E-state index contributed by atoms with van der Waals surface area (Å²) in [5.74, 6) is 1.68. The van der Waals surface area contributed by atoms with Crippen LogP contribution in [0.5, 0.6) is 0 Å².